The summed E-state index contributed by atoms with van der Waals surface area (Å²) >= 11 is 0.857. The van der Waals surface area contributed by atoms with Gasteiger partial charge < -0.3 is 5.11 Å². The molecule has 0 heterocycles. The lowest BCUT2D eigenvalue weighted by Gasteiger charge is -2.03. The number of aliphatic carboxylic acids is 1. The average molecular weight is 198 g/mol. The summed E-state index contributed by atoms with van der Waals surface area (Å²) in [6.45, 7) is 0. The van der Waals surface area contributed by atoms with Crippen LogP contribution in [-0.4, -0.2) is 28.4 Å². The third kappa shape index (κ3) is 2.87. The third-order valence-corrected chi connectivity index (χ3v) is 2.29. The van der Waals surface area contributed by atoms with Gasteiger partial charge in [-0.15, -0.1) is 11.8 Å². The van der Waals surface area contributed by atoms with Crippen molar-refractivity contribution < 1.29 is 19.5 Å². The second-order valence-corrected chi connectivity index (χ2v) is 3.31. The SMILES string of the molecule is O=C1C=CC(=O)C(SCC(=O)O)=C1. The van der Waals surface area contributed by atoms with E-state index in [4.69, 9.17) is 5.11 Å². The number of allylic oxidation sites excluding steroid dienone is 4. The van der Waals surface area contributed by atoms with E-state index in [0.717, 1.165) is 30.0 Å². The van der Waals surface area contributed by atoms with Gasteiger partial charge in [0.1, 0.15) is 0 Å². The molecule has 0 amide bonds. The minimum Gasteiger partial charge on any atom is -0.481 e. The topological polar surface area (TPSA) is 71.4 Å². The molecule has 0 fully saturated rings. The van der Waals surface area contributed by atoms with Crippen LogP contribution < -0.4 is 0 Å². The van der Waals surface area contributed by atoms with E-state index in [-0.39, 0.29) is 22.2 Å². The lowest BCUT2D eigenvalue weighted by Crippen LogP contribution is -2.07. The van der Waals surface area contributed by atoms with Crippen LogP contribution in [0.3, 0.4) is 0 Å². The van der Waals surface area contributed by atoms with Gasteiger partial charge in [-0.1, -0.05) is 0 Å². The summed E-state index contributed by atoms with van der Waals surface area (Å²) in [5, 5.41) is 8.33. The Morgan fingerprint density at radius 3 is 2.69 bits per heavy atom. The van der Waals surface area contributed by atoms with Crippen molar-refractivity contribution in [3.8, 4) is 0 Å². The number of rotatable bonds is 3. The molecule has 1 aliphatic rings. The van der Waals surface area contributed by atoms with Crippen molar-refractivity contribution in [1.82, 2.24) is 0 Å². The van der Waals surface area contributed by atoms with E-state index in [1.807, 2.05) is 0 Å². The van der Waals surface area contributed by atoms with Crippen LogP contribution in [0.1, 0.15) is 0 Å². The fourth-order valence-electron chi connectivity index (χ4n) is 0.741. The van der Waals surface area contributed by atoms with Crippen molar-refractivity contribution in [3.63, 3.8) is 0 Å². The lowest BCUT2D eigenvalue weighted by molar-refractivity contribution is -0.133. The van der Waals surface area contributed by atoms with Crippen molar-refractivity contribution >= 4 is 29.3 Å². The largest absolute Gasteiger partial charge is 0.481 e. The predicted octanol–water partition coefficient (Wildman–Crippen LogP) is 0.396. The van der Waals surface area contributed by atoms with Gasteiger partial charge in [0.25, 0.3) is 0 Å². The van der Waals surface area contributed by atoms with E-state index in [1.165, 1.54) is 0 Å². The van der Waals surface area contributed by atoms with E-state index in [2.05, 4.69) is 0 Å². The van der Waals surface area contributed by atoms with Gasteiger partial charge in [0.15, 0.2) is 11.6 Å². The molecule has 0 bridgehead atoms. The molecule has 5 heteroatoms. The molecule has 0 aliphatic heterocycles. The summed E-state index contributed by atoms with van der Waals surface area (Å²) in [7, 11) is 0. The Bertz CT molecular complexity index is 327. The Morgan fingerprint density at radius 2 is 2.08 bits per heavy atom. The molecule has 1 N–H and O–H groups in total. The maximum atomic E-state index is 11.0. The van der Waals surface area contributed by atoms with E-state index >= 15 is 0 Å². The van der Waals surface area contributed by atoms with Gasteiger partial charge in [-0.3, -0.25) is 14.4 Å². The van der Waals surface area contributed by atoms with Crippen LogP contribution in [0.25, 0.3) is 0 Å². The molecule has 1 aliphatic carbocycles. The number of carboxylic acid groups (broad SMARTS) is 1. The van der Waals surface area contributed by atoms with Crippen molar-refractivity contribution in [1.29, 1.82) is 0 Å². The van der Waals surface area contributed by atoms with Gasteiger partial charge in [-0.05, 0) is 12.2 Å². The molecule has 0 aromatic heterocycles. The molecule has 0 radical (unpaired) electrons. The highest BCUT2D eigenvalue weighted by atomic mass is 32.2. The van der Waals surface area contributed by atoms with E-state index in [0.29, 0.717) is 0 Å². The molecular formula is C8H6O4S. The second-order valence-electron chi connectivity index (χ2n) is 2.29. The number of carbonyl (C=O) groups excluding carboxylic acids is 2. The Balaban J connectivity index is 2.63. The summed E-state index contributed by atoms with van der Waals surface area (Å²) in [6.07, 6.45) is 3.45. The predicted molar refractivity (Wildman–Crippen MR) is 47.3 cm³/mol. The molecular weight excluding hydrogens is 192 g/mol. The van der Waals surface area contributed by atoms with E-state index in [9.17, 15) is 14.4 Å². The molecule has 0 saturated heterocycles. The summed E-state index contributed by atoms with van der Waals surface area (Å²) in [5.74, 6) is -1.82. The van der Waals surface area contributed by atoms with Gasteiger partial charge in [0, 0.05) is 6.08 Å². The molecule has 0 atom stereocenters. The molecule has 0 saturated carbocycles. The zero-order valence-corrected chi connectivity index (χ0v) is 7.34. The first kappa shape index (κ1) is 9.73. The van der Waals surface area contributed by atoms with Crippen LogP contribution in [0.5, 0.6) is 0 Å². The van der Waals surface area contributed by atoms with Crippen molar-refractivity contribution in [2.75, 3.05) is 5.75 Å². The average Bonchev–Trinajstić information content (AvgIpc) is 2.06. The first-order chi connectivity index (χ1) is 6.09. The standard InChI is InChI=1S/C8H6O4S/c9-5-1-2-6(10)7(3-5)13-4-8(11)12/h1-3H,4H2,(H,11,12). The Kier molecular flexibility index (Phi) is 3.02. The Hall–Kier alpha value is -1.36. The third-order valence-electron chi connectivity index (χ3n) is 1.27. The first-order valence-electron chi connectivity index (χ1n) is 3.42. The number of hydrogen-bond acceptors (Lipinski definition) is 4. The number of thioether (sulfide) groups is 1. The fraction of sp³-hybridized carbons (Fsp3) is 0.125. The quantitative estimate of drug-likeness (QED) is 0.664. The van der Waals surface area contributed by atoms with Gasteiger partial charge >= 0.3 is 5.97 Å². The fourth-order valence-corrected chi connectivity index (χ4v) is 1.43. The van der Waals surface area contributed by atoms with E-state index < -0.39 is 5.97 Å². The summed E-state index contributed by atoms with van der Waals surface area (Å²) < 4.78 is 0. The highest BCUT2D eigenvalue weighted by molar-refractivity contribution is 8.04. The molecule has 1 rings (SSSR count). The molecule has 0 aromatic carbocycles. The van der Waals surface area contributed by atoms with Crippen LogP contribution >= 0.6 is 11.8 Å². The number of carbonyl (C=O) groups is 3. The highest BCUT2D eigenvalue weighted by Gasteiger charge is 2.14. The zero-order valence-electron chi connectivity index (χ0n) is 6.52. The minimum atomic E-state index is -1.01. The van der Waals surface area contributed by atoms with Crippen molar-refractivity contribution in [3.05, 3.63) is 23.1 Å². The maximum Gasteiger partial charge on any atom is 0.313 e. The summed E-state index contributed by atoms with van der Waals surface area (Å²) in [4.78, 5) is 32.2. The van der Waals surface area contributed by atoms with Crippen LogP contribution in [0.15, 0.2) is 23.1 Å². The van der Waals surface area contributed by atoms with Crippen LogP contribution in [0, 0.1) is 0 Å². The highest BCUT2D eigenvalue weighted by Crippen LogP contribution is 2.19. The van der Waals surface area contributed by atoms with E-state index in [1.54, 1.807) is 0 Å². The minimum absolute atomic E-state index is 0.190. The van der Waals surface area contributed by atoms with Crippen molar-refractivity contribution in [2.24, 2.45) is 0 Å². The molecule has 13 heavy (non-hydrogen) atoms. The van der Waals surface area contributed by atoms with Crippen LogP contribution in [0.4, 0.5) is 0 Å². The number of ketones is 2. The van der Waals surface area contributed by atoms with Gasteiger partial charge in [-0.25, -0.2) is 0 Å². The van der Waals surface area contributed by atoms with Crippen molar-refractivity contribution in [2.45, 2.75) is 0 Å². The number of carboxylic acids is 1. The number of hydrogen-bond donors (Lipinski definition) is 1. The summed E-state index contributed by atoms with van der Waals surface area (Å²) in [5.41, 5.74) is 0. The van der Waals surface area contributed by atoms with Crippen LogP contribution in [0.2, 0.25) is 0 Å². The Morgan fingerprint density at radius 1 is 1.38 bits per heavy atom. The van der Waals surface area contributed by atoms with Gasteiger partial charge in [0.2, 0.25) is 0 Å². The lowest BCUT2D eigenvalue weighted by atomic mass is 10.2. The molecule has 68 valence electrons. The monoisotopic (exact) mass is 198 g/mol. The Labute approximate surface area is 78.3 Å². The smallest absolute Gasteiger partial charge is 0.313 e. The molecule has 0 unspecified atom stereocenters. The zero-order chi connectivity index (χ0) is 9.84. The van der Waals surface area contributed by atoms with Crippen LogP contribution in [-0.2, 0) is 14.4 Å². The first-order valence-corrected chi connectivity index (χ1v) is 4.41. The van der Waals surface area contributed by atoms with Gasteiger partial charge in [-0.2, -0.15) is 0 Å². The normalized spacial score (nSPS) is 15.8. The van der Waals surface area contributed by atoms with Gasteiger partial charge in [0.05, 0.1) is 10.7 Å². The maximum absolute atomic E-state index is 11.0. The molecule has 0 spiro atoms. The molecule has 4 nitrogen and oxygen atoms in total. The summed E-state index contributed by atoms with van der Waals surface area (Å²) in [6, 6.07) is 0. The molecule has 0 aromatic rings. The second kappa shape index (κ2) is 4.04.